The van der Waals surface area contributed by atoms with Crippen LogP contribution in [0.15, 0.2) is 24.3 Å². The molecule has 0 bridgehead atoms. The molecule has 15 heavy (non-hydrogen) atoms. The zero-order valence-electron chi connectivity index (χ0n) is 9.58. The number of rotatable bonds is 4. The summed E-state index contributed by atoms with van der Waals surface area (Å²) in [5, 5.41) is 0. The van der Waals surface area contributed by atoms with Gasteiger partial charge in [0.15, 0.2) is 0 Å². The molecular weight excluding hydrogens is 182 g/mol. The van der Waals surface area contributed by atoms with E-state index >= 15 is 0 Å². The maximum atomic E-state index is 5.56. The number of hydrogen-bond donors (Lipinski definition) is 1. The van der Waals surface area contributed by atoms with Crippen LogP contribution < -0.4 is 5.73 Å². The zero-order chi connectivity index (χ0) is 10.7. The molecule has 1 heteroatoms. The molecule has 0 spiro atoms. The fourth-order valence-electron chi connectivity index (χ4n) is 2.50. The predicted octanol–water partition coefficient (Wildman–Crippen LogP) is 3.09. The Balaban J connectivity index is 1.89. The summed E-state index contributed by atoms with van der Waals surface area (Å²) < 4.78 is 0. The summed E-state index contributed by atoms with van der Waals surface area (Å²) in [5.41, 5.74) is 8.53. The lowest BCUT2D eigenvalue weighted by Crippen LogP contribution is -2.24. The molecule has 0 amide bonds. The van der Waals surface area contributed by atoms with Crippen molar-refractivity contribution in [1.82, 2.24) is 0 Å². The highest BCUT2D eigenvalue weighted by Gasteiger charge is 2.29. The maximum absolute atomic E-state index is 5.56. The van der Waals surface area contributed by atoms with Crippen LogP contribution in [0.1, 0.15) is 43.2 Å². The van der Waals surface area contributed by atoms with Gasteiger partial charge in [-0.2, -0.15) is 0 Å². The second-order valence-electron chi connectivity index (χ2n) is 4.71. The van der Waals surface area contributed by atoms with Gasteiger partial charge in [-0.15, -0.1) is 0 Å². The van der Waals surface area contributed by atoms with Gasteiger partial charge in [0.05, 0.1) is 0 Å². The molecule has 0 unspecified atom stereocenters. The van der Waals surface area contributed by atoms with Crippen LogP contribution in [0.25, 0.3) is 0 Å². The number of nitrogens with two attached hydrogens (primary N) is 1. The van der Waals surface area contributed by atoms with Crippen molar-refractivity contribution in [2.45, 2.75) is 38.5 Å². The van der Waals surface area contributed by atoms with Crippen molar-refractivity contribution in [2.75, 3.05) is 6.54 Å². The topological polar surface area (TPSA) is 26.0 Å². The molecule has 2 N–H and O–H groups in total. The summed E-state index contributed by atoms with van der Waals surface area (Å²) in [5.74, 6) is 1.71. The van der Waals surface area contributed by atoms with Gasteiger partial charge in [0, 0.05) is 0 Å². The Morgan fingerprint density at radius 2 is 1.87 bits per heavy atom. The van der Waals surface area contributed by atoms with E-state index in [0.29, 0.717) is 0 Å². The van der Waals surface area contributed by atoms with E-state index in [0.717, 1.165) is 24.8 Å². The summed E-state index contributed by atoms with van der Waals surface area (Å²) in [6.07, 6.45) is 5.05. The van der Waals surface area contributed by atoms with Crippen molar-refractivity contribution in [3.63, 3.8) is 0 Å². The fraction of sp³-hybridized carbons (Fsp3) is 0.571. The van der Waals surface area contributed by atoms with Crippen LogP contribution in [0.2, 0.25) is 0 Å². The van der Waals surface area contributed by atoms with Crippen LogP contribution in [0.3, 0.4) is 0 Å². The third-order valence-corrected chi connectivity index (χ3v) is 3.67. The molecule has 1 nitrogen and oxygen atoms in total. The predicted molar refractivity (Wildman–Crippen MR) is 65.0 cm³/mol. The van der Waals surface area contributed by atoms with E-state index < -0.39 is 0 Å². The highest BCUT2D eigenvalue weighted by atomic mass is 14.5. The van der Waals surface area contributed by atoms with Gasteiger partial charge >= 0.3 is 0 Å². The molecule has 1 aliphatic carbocycles. The van der Waals surface area contributed by atoms with E-state index in [2.05, 4.69) is 31.2 Å². The van der Waals surface area contributed by atoms with Gasteiger partial charge in [0.1, 0.15) is 0 Å². The van der Waals surface area contributed by atoms with Crippen molar-refractivity contribution in [3.8, 4) is 0 Å². The SMILES string of the molecule is CCc1ccc(C2CC(CCN)C2)cc1. The zero-order valence-corrected chi connectivity index (χ0v) is 9.58. The van der Waals surface area contributed by atoms with Crippen LogP contribution in [0.4, 0.5) is 0 Å². The van der Waals surface area contributed by atoms with E-state index in [1.165, 1.54) is 30.4 Å². The summed E-state index contributed by atoms with van der Waals surface area (Å²) in [7, 11) is 0. The lowest BCUT2D eigenvalue weighted by atomic mass is 9.70. The third kappa shape index (κ3) is 2.40. The maximum Gasteiger partial charge on any atom is -0.00746 e. The van der Waals surface area contributed by atoms with E-state index in [1.807, 2.05) is 0 Å². The lowest BCUT2D eigenvalue weighted by molar-refractivity contribution is 0.251. The quantitative estimate of drug-likeness (QED) is 0.799. The van der Waals surface area contributed by atoms with E-state index in [4.69, 9.17) is 5.73 Å². The molecule has 1 aliphatic rings. The van der Waals surface area contributed by atoms with Gasteiger partial charge in [0.2, 0.25) is 0 Å². The first kappa shape index (κ1) is 10.7. The Bertz CT molecular complexity index is 296. The van der Waals surface area contributed by atoms with Crippen molar-refractivity contribution >= 4 is 0 Å². The molecule has 82 valence electrons. The molecule has 1 aromatic rings. The molecule has 1 aromatic carbocycles. The van der Waals surface area contributed by atoms with Crippen molar-refractivity contribution < 1.29 is 0 Å². The minimum Gasteiger partial charge on any atom is -0.330 e. The molecule has 0 heterocycles. The molecule has 1 saturated carbocycles. The van der Waals surface area contributed by atoms with Gasteiger partial charge in [-0.05, 0) is 55.2 Å². The van der Waals surface area contributed by atoms with Gasteiger partial charge in [0.25, 0.3) is 0 Å². The average molecular weight is 203 g/mol. The second kappa shape index (κ2) is 4.80. The molecule has 0 saturated heterocycles. The first-order valence-electron chi connectivity index (χ1n) is 6.12. The second-order valence-corrected chi connectivity index (χ2v) is 4.71. The average Bonchev–Trinajstić information content (AvgIpc) is 2.23. The smallest absolute Gasteiger partial charge is 0.00746 e. The Hall–Kier alpha value is -0.820. The van der Waals surface area contributed by atoms with Crippen LogP contribution in [0.5, 0.6) is 0 Å². The first-order chi connectivity index (χ1) is 7.33. The Kier molecular flexibility index (Phi) is 3.42. The third-order valence-electron chi connectivity index (χ3n) is 3.67. The summed E-state index contributed by atoms with van der Waals surface area (Å²) in [4.78, 5) is 0. The Morgan fingerprint density at radius 3 is 2.40 bits per heavy atom. The van der Waals surface area contributed by atoms with Gasteiger partial charge in [-0.3, -0.25) is 0 Å². The minimum atomic E-state index is 0.812. The molecule has 2 rings (SSSR count). The number of hydrogen-bond acceptors (Lipinski definition) is 1. The highest BCUT2D eigenvalue weighted by molar-refractivity contribution is 5.26. The van der Waals surface area contributed by atoms with Crippen LogP contribution in [-0.4, -0.2) is 6.54 Å². The van der Waals surface area contributed by atoms with E-state index in [9.17, 15) is 0 Å². The number of benzene rings is 1. The normalized spacial score (nSPS) is 24.9. The summed E-state index contributed by atoms with van der Waals surface area (Å²) in [6.45, 7) is 3.06. The van der Waals surface area contributed by atoms with E-state index in [1.54, 1.807) is 0 Å². The molecule has 0 atom stereocenters. The van der Waals surface area contributed by atoms with Crippen LogP contribution in [-0.2, 0) is 6.42 Å². The molecule has 0 aliphatic heterocycles. The standard InChI is InChI=1S/C14H21N/c1-2-11-3-5-13(6-4-11)14-9-12(10-14)7-8-15/h3-6,12,14H,2,7-10,15H2,1H3. The highest BCUT2D eigenvalue weighted by Crippen LogP contribution is 2.42. The van der Waals surface area contributed by atoms with Crippen molar-refractivity contribution in [1.29, 1.82) is 0 Å². The van der Waals surface area contributed by atoms with Gasteiger partial charge in [-0.1, -0.05) is 31.2 Å². The molecule has 1 fully saturated rings. The van der Waals surface area contributed by atoms with Crippen LogP contribution in [0, 0.1) is 5.92 Å². The van der Waals surface area contributed by atoms with Crippen molar-refractivity contribution in [2.24, 2.45) is 11.7 Å². The van der Waals surface area contributed by atoms with Gasteiger partial charge in [-0.25, -0.2) is 0 Å². The summed E-state index contributed by atoms with van der Waals surface area (Å²) in [6, 6.07) is 9.15. The first-order valence-corrected chi connectivity index (χ1v) is 6.12. The Labute approximate surface area is 92.7 Å². The van der Waals surface area contributed by atoms with Crippen LogP contribution >= 0.6 is 0 Å². The van der Waals surface area contributed by atoms with Crippen molar-refractivity contribution in [3.05, 3.63) is 35.4 Å². The monoisotopic (exact) mass is 203 g/mol. The minimum absolute atomic E-state index is 0.812. The van der Waals surface area contributed by atoms with E-state index in [-0.39, 0.29) is 0 Å². The summed E-state index contributed by atoms with van der Waals surface area (Å²) >= 11 is 0. The molecule has 0 aromatic heterocycles. The molecular formula is C14H21N. The molecule has 0 radical (unpaired) electrons. The number of aryl methyl sites for hydroxylation is 1. The fourth-order valence-corrected chi connectivity index (χ4v) is 2.50. The van der Waals surface area contributed by atoms with Gasteiger partial charge < -0.3 is 5.73 Å². The Morgan fingerprint density at radius 1 is 1.20 bits per heavy atom. The largest absolute Gasteiger partial charge is 0.330 e. The lowest BCUT2D eigenvalue weighted by Gasteiger charge is -2.35.